The van der Waals surface area contributed by atoms with Crippen molar-refractivity contribution in [3.63, 3.8) is 0 Å². The topological polar surface area (TPSA) is 55.4 Å². The molecule has 0 aliphatic rings. The van der Waals surface area contributed by atoms with E-state index in [-0.39, 0.29) is 5.82 Å². The summed E-state index contributed by atoms with van der Waals surface area (Å²) in [6.07, 6.45) is 0. The number of benzene rings is 2. The van der Waals surface area contributed by atoms with Gasteiger partial charge in [-0.1, -0.05) is 28.1 Å². The number of methoxy groups -OCH3 is 1. The SMILES string of the molecule is COC(=O)C(NC(=O)c1sc2ccc(F)cc2c1C)c1ccc(Br)cc1. The van der Waals surface area contributed by atoms with Gasteiger partial charge in [-0.15, -0.1) is 11.3 Å². The zero-order valence-corrected chi connectivity index (χ0v) is 16.4. The molecular weight excluding hydrogens is 421 g/mol. The highest BCUT2D eigenvalue weighted by Crippen LogP contribution is 2.32. The summed E-state index contributed by atoms with van der Waals surface area (Å²) in [4.78, 5) is 25.4. The minimum atomic E-state index is -0.929. The molecule has 3 aromatic rings. The molecule has 0 saturated carbocycles. The molecule has 1 heterocycles. The molecule has 0 spiro atoms. The van der Waals surface area contributed by atoms with Crippen molar-refractivity contribution in [2.24, 2.45) is 0 Å². The van der Waals surface area contributed by atoms with Crippen molar-refractivity contribution in [1.82, 2.24) is 5.32 Å². The van der Waals surface area contributed by atoms with Crippen molar-refractivity contribution < 1.29 is 18.7 Å². The summed E-state index contributed by atoms with van der Waals surface area (Å²) in [7, 11) is 1.27. The molecule has 0 aliphatic heterocycles. The predicted octanol–water partition coefficient (Wildman–Crippen LogP) is 4.76. The Hall–Kier alpha value is -2.25. The van der Waals surface area contributed by atoms with Crippen molar-refractivity contribution in [2.45, 2.75) is 13.0 Å². The average Bonchev–Trinajstić information content (AvgIpc) is 2.96. The van der Waals surface area contributed by atoms with Crippen LogP contribution in [0.25, 0.3) is 10.1 Å². The van der Waals surface area contributed by atoms with Crippen LogP contribution in [0.1, 0.15) is 26.8 Å². The number of ether oxygens (including phenoxy) is 1. The molecule has 26 heavy (non-hydrogen) atoms. The highest BCUT2D eigenvalue weighted by atomic mass is 79.9. The standard InChI is InChI=1S/C19H15BrFNO3S/c1-10-14-9-13(21)7-8-15(14)26-17(10)18(23)22-16(19(24)25-2)11-3-5-12(20)6-4-11/h3-9,16H,1-2H3,(H,22,23). The van der Waals surface area contributed by atoms with Crippen LogP contribution in [0.15, 0.2) is 46.9 Å². The lowest BCUT2D eigenvalue weighted by Gasteiger charge is -2.17. The van der Waals surface area contributed by atoms with E-state index in [1.54, 1.807) is 37.3 Å². The number of carbonyl (C=O) groups is 2. The number of nitrogens with one attached hydrogen (secondary N) is 1. The lowest BCUT2D eigenvalue weighted by molar-refractivity contribution is -0.143. The van der Waals surface area contributed by atoms with Crippen molar-refractivity contribution in [1.29, 1.82) is 0 Å². The van der Waals surface area contributed by atoms with Crippen LogP contribution in [0.3, 0.4) is 0 Å². The lowest BCUT2D eigenvalue weighted by Crippen LogP contribution is -2.34. The molecule has 7 heteroatoms. The predicted molar refractivity (Wildman–Crippen MR) is 103 cm³/mol. The molecule has 1 aromatic heterocycles. The van der Waals surface area contributed by atoms with Gasteiger partial charge in [-0.3, -0.25) is 4.79 Å². The Labute approximate surface area is 162 Å². The first-order valence-electron chi connectivity index (χ1n) is 7.73. The maximum absolute atomic E-state index is 13.5. The van der Waals surface area contributed by atoms with E-state index in [4.69, 9.17) is 4.74 Å². The van der Waals surface area contributed by atoms with E-state index in [9.17, 15) is 14.0 Å². The molecule has 0 aliphatic carbocycles. The molecule has 0 saturated heterocycles. The molecule has 0 radical (unpaired) electrons. The smallest absolute Gasteiger partial charge is 0.333 e. The number of amides is 1. The van der Waals surface area contributed by atoms with Crippen molar-refractivity contribution in [2.75, 3.05) is 7.11 Å². The molecule has 1 unspecified atom stereocenters. The Kier molecular flexibility index (Phi) is 5.38. The molecular formula is C19H15BrFNO3S. The molecule has 2 aromatic carbocycles. The molecule has 0 fully saturated rings. The van der Waals surface area contributed by atoms with E-state index in [1.165, 1.54) is 30.6 Å². The zero-order valence-electron chi connectivity index (χ0n) is 14.0. The first-order valence-corrected chi connectivity index (χ1v) is 9.34. The average molecular weight is 436 g/mol. The van der Waals surface area contributed by atoms with Gasteiger partial charge in [-0.2, -0.15) is 0 Å². The second-order valence-electron chi connectivity index (χ2n) is 5.68. The fourth-order valence-corrected chi connectivity index (χ4v) is 4.01. The quantitative estimate of drug-likeness (QED) is 0.601. The Morgan fingerprint density at radius 1 is 1.19 bits per heavy atom. The van der Waals surface area contributed by atoms with Gasteiger partial charge in [0.1, 0.15) is 5.82 Å². The van der Waals surface area contributed by atoms with Gasteiger partial charge in [-0.05, 0) is 53.8 Å². The highest BCUT2D eigenvalue weighted by Gasteiger charge is 2.26. The summed E-state index contributed by atoms with van der Waals surface area (Å²) in [6.45, 7) is 1.76. The summed E-state index contributed by atoms with van der Waals surface area (Å²) >= 11 is 4.60. The number of rotatable bonds is 4. The number of hydrogen-bond acceptors (Lipinski definition) is 4. The number of carbonyl (C=O) groups excluding carboxylic acids is 2. The number of halogens is 2. The fraction of sp³-hybridized carbons (Fsp3) is 0.158. The largest absolute Gasteiger partial charge is 0.467 e. The van der Waals surface area contributed by atoms with E-state index in [2.05, 4.69) is 21.2 Å². The van der Waals surface area contributed by atoms with Crippen molar-refractivity contribution in [3.05, 3.63) is 68.8 Å². The van der Waals surface area contributed by atoms with E-state index in [1.807, 2.05) is 0 Å². The molecule has 3 rings (SSSR count). The van der Waals surface area contributed by atoms with Crippen LogP contribution >= 0.6 is 27.3 Å². The number of fused-ring (bicyclic) bond motifs is 1. The zero-order chi connectivity index (χ0) is 18.8. The van der Waals surface area contributed by atoms with Gasteiger partial charge in [0.2, 0.25) is 0 Å². The van der Waals surface area contributed by atoms with Crippen molar-refractivity contribution in [3.8, 4) is 0 Å². The number of hydrogen-bond donors (Lipinski definition) is 1. The van der Waals surface area contributed by atoms with E-state index in [0.29, 0.717) is 21.4 Å². The minimum absolute atomic E-state index is 0.354. The van der Waals surface area contributed by atoms with E-state index < -0.39 is 17.9 Å². The van der Waals surface area contributed by atoms with Crippen LogP contribution in [0.5, 0.6) is 0 Å². The summed E-state index contributed by atoms with van der Waals surface area (Å²) < 4.78 is 20.0. The summed E-state index contributed by atoms with van der Waals surface area (Å²) in [5.74, 6) is -1.32. The second kappa shape index (κ2) is 7.55. The van der Waals surface area contributed by atoms with Crippen molar-refractivity contribution >= 4 is 49.2 Å². The van der Waals surface area contributed by atoms with Crippen LogP contribution in [0, 0.1) is 12.7 Å². The Morgan fingerprint density at radius 3 is 2.54 bits per heavy atom. The Bertz CT molecular complexity index is 984. The molecule has 4 nitrogen and oxygen atoms in total. The minimum Gasteiger partial charge on any atom is -0.467 e. The summed E-state index contributed by atoms with van der Waals surface area (Å²) in [5, 5.41) is 3.42. The first-order chi connectivity index (χ1) is 12.4. The number of esters is 1. The Balaban J connectivity index is 1.94. The van der Waals surface area contributed by atoms with Crippen LogP contribution in [-0.2, 0) is 9.53 Å². The van der Waals surface area contributed by atoms with Gasteiger partial charge in [0.25, 0.3) is 5.91 Å². The third-order valence-corrected chi connectivity index (χ3v) is 5.82. The summed E-state index contributed by atoms with van der Waals surface area (Å²) in [6, 6.07) is 10.5. The summed E-state index contributed by atoms with van der Waals surface area (Å²) in [5.41, 5.74) is 1.29. The van der Waals surface area contributed by atoms with Gasteiger partial charge in [-0.25, -0.2) is 9.18 Å². The van der Waals surface area contributed by atoms with Crippen LogP contribution < -0.4 is 5.32 Å². The van der Waals surface area contributed by atoms with Gasteiger partial charge >= 0.3 is 5.97 Å². The van der Waals surface area contributed by atoms with E-state index in [0.717, 1.165) is 9.17 Å². The monoisotopic (exact) mass is 435 g/mol. The van der Waals surface area contributed by atoms with Gasteiger partial charge < -0.3 is 10.1 Å². The number of aryl methyl sites for hydroxylation is 1. The first kappa shape index (κ1) is 18.5. The third kappa shape index (κ3) is 3.64. The molecule has 134 valence electrons. The number of thiophene rings is 1. The van der Waals surface area contributed by atoms with Crippen LogP contribution in [0.2, 0.25) is 0 Å². The lowest BCUT2D eigenvalue weighted by atomic mass is 10.1. The highest BCUT2D eigenvalue weighted by molar-refractivity contribution is 9.10. The molecule has 1 N–H and O–H groups in total. The van der Waals surface area contributed by atoms with Crippen LogP contribution in [0.4, 0.5) is 4.39 Å². The molecule has 1 atom stereocenters. The molecule has 0 bridgehead atoms. The Morgan fingerprint density at radius 2 is 1.88 bits per heavy atom. The van der Waals surface area contributed by atoms with Gasteiger partial charge in [0.05, 0.1) is 12.0 Å². The third-order valence-electron chi connectivity index (χ3n) is 4.02. The second-order valence-corrected chi connectivity index (χ2v) is 7.65. The maximum Gasteiger partial charge on any atom is 0.333 e. The fourth-order valence-electron chi connectivity index (χ4n) is 2.66. The van der Waals surface area contributed by atoms with Crippen LogP contribution in [-0.4, -0.2) is 19.0 Å². The van der Waals surface area contributed by atoms with Gasteiger partial charge in [0, 0.05) is 9.17 Å². The van der Waals surface area contributed by atoms with Gasteiger partial charge in [0.15, 0.2) is 6.04 Å². The van der Waals surface area contributed by atoms with E-state index >= 15 is 0 Å². The molecule has 1 amide bonds. The normalized spacial score (nSPS) is 12.0. The maximum atomic E-state index is 13.5.